The molecule has 0 fully saturated rings. The summed E-state index contributed by atoms with van der Waals surface area (Å²) in [7, 11) is 1.84. The van der Waals surface area contributed by atoms with Crippen LogP contribution in [0.15, 0.2) is 21.1 Å². The van der Waals surface area contributed by atoms with Crippen molar-refractivity contribution >= 4 is 39.0 Å². The van der Waals surface area contributed by atoms with Crippen LogP contribution in [-0.2, 0) is 12.8 Å². The van der Waals surface area contributed by atoms with Crippen LogP contribution in [0.2, 0.25) is 0 Å². The van der Waals surface area contributed by atoms with E-state index in [1.165, 1.54) is 4.88 Å². The molecule has 0 aliphatic carbocycles. The van der Waals surface area contributed by atoms with Gasteiger partial charge >= 0.3 is 0 Å². The largest absolute Gasteiger partial charge is 0.224 e. The van der Waals surface area contributed by atoms with Crippen molar-refractivity contribution in [3.63, 3.8) is 0 Å². The van der Waals surface area contributed by atoms with Gasteiger partial charge in [0.1, 0.15) is 0 Å². The van der Waals surface area contributed by atoms with E-state index in [2.05, 4.69) is 42.9 Å². The van der Waals surface area contributed by atoms with E-state index in [-0.39, 0.29) is 0 Å². The highest BCUT2D eigenvalue weighted by atomic mass is 79.9. The van der Waals surface area contributed by atoms with Gasteiger partial charge in [0.25, 0.3) is 0 Å². The molecular weight excluding hydrogens is 284 g/mol. The normalized spacial score (nSPS) is 10.7. The van der Waals surface area contributed by atoms with Gasteiger partial charge in [-0.2, -0.15) is 0 Å². The van der Waals surface area contributed by atoms with E-state index in [9.17, 15) is 0 Å². The lowest BCUT2D eigenvalue weighted by Gasteiger charge is -1.97. The highest BCUT2D eigenvalue weighted by Gasteiger charge is 2.06. The van der Waals surface area contributed by atoms with Crippen molar-refractivity contribution in [2.24, 2.45) is 7.05 Å². The van der Waals surface area contributed by atoms with Gasteiger partial charge in [-0.1, -0.05) is 11.8 Å². The van der Waals surface area contributed by atoms with Crippen molar-refractivity contribution in [2.75, 3.05) is 0 Å². The number of aromatic nitrogens is 4. The van der Waals surface area contributed by atoms with Crippen molar-refractivity contribution < 1.29 is 0 Å². The summed E-state index contributed by atoms with van der Waals surface area (Å²) in [6, 6.07) is 2.05. The van der Waals surface area contributed by atoms with Crippen molar-refractivity contribution in [1.29, 1.82) is 0 Å². The first-order valence-electron chi connectivity index (χ1n) is 3.84. The van der Waals surface area contributed by atoms with Gasteiger partial charge in [-0.15, -0.1) is 16.4 Å². The Balaban J connectivity index is 2.02. The Morgan fingerprint density at radius 3 is 3.07 bits per heavy atom. The van der Waals surface area contributed by atoms with Crippen LogP contribution < -0.4 is 0 Å². The van der Waals surface area contributed by atoms with E-state index in [1.807, 2.05) is 7.05 Å². The third kappa shape index (κ3) is 2.15. The van der Waals surface area contributed by atoms with E-state index in [0.29, 0.717) is 0 Å². The van der Waals surface area contributed by atoms with Crippen LogP contribution in [0.25, 0.3) is 0 Å². The fourth-order valence-corrected chi connectivity index (χ4v) is 3.55. The number of tetrazole rings is 1. The summed E-state index contributed by atoms with van der Waals surface area (Å²) in [5.41, 5.74) is 0. The van der Waals surface area contributed by atoms with Gasteiger partial charge in [-0.05, 0) is 37.8 Å². The molecule has 0 amide bonds. The zero-order chi connectivity index (χ0) is 9.97. The quantitative estimate of drug-likeness (QED) is 0.814. The second-order valence-electron chi connectivity index (χ2n) is 2.57. The first-order chi connectivity index (χ1) is 6.77. The SMILES string of the molecule is Cn1nnnc1SCc1sccc1Br. The molecule has 7 heteroatoms. The zero-order valence-corrected chi connectivity index (χ0v) is 10.6. The molecule has 74 valence electrons. The minimum absolute atomic E-state index is 0.838. The number of rotatable bonds is 3. The predicted molar refractivity (Wildman–Crippen MR) is 60.4 cm³/mol. The van der Waals surface area contributed by atoms with Gasteiger partial charge in [0.05, 0.1) is 0 Å². The van der Waals surface area contributed by atoms with Crippen LogP contribution in [-0.4, -0.2) is 20.2 Å². The minimum Gasteiger partial charge on any atom is -0.224 e. The number of thioether (sulfide) groups is 1. The molecule has 0 aromatic carbocycles. The number of halogens is 1. The first kappa shape index (κ1) is 10.1. The number of aryl methyl sites for hydroxylation is 1. The fraction of sp³-hybridized carbons (Fsp3) is 0.286. The lowest BCUT2D eigenvalue weighted by molar-refractivity contribution is 0.664. The number of nitrogens with zero attached hydrogens (tertiary/aromatic N) is 4. The van der Waals surface area contributed by atoms with E-state index >= 15 is 0 Å². The summed E-state index contributed by atoms with van der Waals surface area (Å²) in [6.45, 7) is 0. The Labute approximate surface area is 97.8 Å². The molecule has 4 nitrogen and oxygen atoms in total. The molecule has 2 heterocycles. The maximum atomic E-state index is 3.90. The Morgan fingerprint density at radius 1 is 1.64 bits per heavy atom. The molecule has 14 heavy (non-hydrogen) atoms. The molecule has 2 aromatic rings. The standard InChI is InChI=1S/C7H7BrN4S2/c1-12-7(9-10-11-12)14-4-6-5(8)2-3-13-6/h2-3H,4H2,1H3. The molecule has 0 aliphatic heterocycles. The molecule has 2 aromatic heterocycles. The molecule has 0 spiro atoms. The summed E-state index contributed by atoms with van der Waals surface area (Å²) < 4.78 is 2.83. The fourth-order valence-electron chi connectivity index (χ4n) is 0.902. The van der Waals surface area contributed by atoms with Gasteiger partial charge in [-0.3, -0.25) is 0 Å². The Bertz CT molecular complexity index is 385. The second-order valence-corrected chi connectivity index (χ2v) is 5.36. The highest BCUT2D eigenvalue weighted by molar-refractivity contribution is 9.10. The van der Waals surface area contributed by atoms with Crippen LogP contribution in [0, 0.1) is 0 Å². The average Bonchev–Trinajstić information content (AvgIpc) is 2.72. The third-order valence-corrected chi connectivity index (χ3v) is 4.75. The minimum atomic E-state index is 0.838. The average molecular weight is 291 g/mol. The van der Waals surface area contributed by atoms with E-state index in [4.69, 9.17) is 0 Å². The van der Waals surface area contributed by atoms with E-state index in [0.717, 1.165) is 15.4 Å². The van der Waals surface area contributed by atoms with Gasteiger partial charge in [-0.25, -0.2) is 4.68 Å². The molecule has 0 radical (unpaired) electrons. The van der Waals surface area contributed by atoms with Gasteiger partial charge in [0.15, 0.2) is 0 Å². The van der Waals surface area contributed by atoms with Crippen molar-refractivity contribution in [3.8, 4) is 0 Å². The first-order valence-corrected chi connectivity index (χ1v) is 6.50. The van der Waals surface area contributed by atoms with Gasteiger partial charge < -0.3 is 0 Å². The Morgan fingerprint density at radius 2 is 2.50 bits per heavy atom. The molecule has 0 atom stereocenters. The number of hydrogen-bond acceptors (Lipinski definition) is 5. The van der Waals surface area contributed by atoms with Crippen LogP contribution in [0.4, 0.5) is 0 Å². The summed E-state index contributed by atoms with van der Waals surface area (Å²) in [5, 5.41) is 14.1. The summed E-state index contributed by atoms with van der Waals surface area (Å²) in [4.78, 5) is 1.30. The molecule has 0 saturated carbocycles. The van der Waals surface area contributed by atoms with E-state index in [1.54, 1.807) is 27.8 Å². The Hall–Kier alpha value is -0.400. The topological polar surface area (TPSA) is 43.6 Å². The van der Waals surface area contributed by atoms with Crippen molar-refractivity contribution in [3.05, 3.63) is 20.8 Å². The van der Waals surface area contributed by atoms with E-state index < -0.39 is 0 Å². The maximum absolute atomic E-state index is 3.90. The predicted octanol–water partition coefficient (Wildman–Crippen LogP) is 2.33. The van der Waals surface area contributed by atoms with Gasteiger partial charge in [0, 0.05) is 22.2 Å². The zero-order valence-electron chi connectivity index (χ0n) is 7.35. The van der Waals surface area contributed by atoms with Crippen molar-refractivity contribution in [2.45, 2.75) is 10.9 Å². The summed E-state index contributed by atoms with van der Waals surface area (Å²) in [6.07, 6.45) is 0. The third-order valence-electron chi connectivity index (χ3n) is 1.60. The number of thiophene rings is 1. The molecule has 0 bridgehead atoms. The summed E-state index contributed by atoms with van der Waals surface area (Å²) >= 11 is 6.85. The van der Waals surface area contributed by atoms with Crippen molar-refractivity contribution in [1.82, 2.24) is 20.2 Å². The molecule has 0 aliphatic rings. The molecule has 0 saturated heterocycles. The lowest BCUT2D eigenvalue weighted by Crippen LogP contribution is -1.92. The van der Waals surface area contributed by atoms with Crippen LogP contribution in [0.3, 0.4) is 0 Å². The summed E-state index contributed by atoms with van der Waals surface area (Å²) in [5.74, 6) is 0.895. The van der Waals surface area contributed by atoms with Gasteiger partial charge in [0.2, 0.25) is 5.16 Å². The monoisotopic (exact) mass is 290 g/mol. The molecule has 0 N–H and O–H groups in total. The second kappa shape index (κ2) is 4.41. The van der Waals surface area contributed by atoms with Crippen LogP contribution in [0.1, 0.15) is 4.88 Å². The maximum Gasteiger partial charge on any atom is 0.209 e. The highest BCUT2D eigenvalue weighted by Crippen LogP contribution is 2.29. The molecular formula is C7H7BrN4S2. The van der Waals surface area contributed by atoms with Crippen LogP contribution >= 0.6 is 39.0 Å². The van der Waals surface area contributed by atoms with Crippen LogP contribution in [0.5, 0.6) is 0 Å². The smallest absolute Gasteiger partial charge is 0.209 e. The number of hydrogen-bond donors (Lipinski definition) is 0. The Kier molecular flexibility index (Phi) is 3.19. The lowest BCUT2D eigenvalue weighted by atomic mass is 10.5. The molecule has 0 unspecified atom stereocenters. The molecule has 2 rings (SSSR count).